The highest BCUT2D eigenvalue weighted by Gasteiger charge is 2.45. The Morgan fingerprint density at radius 2 is 1.42 bits per heavy atom. The van der Waals surface area contributed by atoms with E-state index in [9.17, 15) is 13.6 Å². The standard InChI is InChI=1S/C26H25F2NO2/c1-14-15(2)24-21(22(26(4,5)31-24)17-6-10-19(27)11-7-17)16(3)23(14)29-25(30)18-8-12-20(28)13-9-18/h6-13,22H,1-5H3,(H,29,30). The Morgan fingerprint density at radius 3 is 2.00 bits per heavy atom. The summed E-state index contributed by atoms with van der Waals surface area (Å²) in [6, 6.07) is 11.9. The highest BCUT2D eigenvalue weighted by atomic mass is 19.1. The minimum absolute atomic E-state index is 0.121. The molecule has 0 saturated heterocycles. The number of nitrogens with one attached hydrogen (secondary N) is 1. The summed E-state index contributed by atoms with van der Waals surface area (Å²) in [6.45, 7) is 9.93. The molecule has 1 atom stereocenters. The fourth-order valence-electron chi connectivity index (χ4n) is 4.49. The maximum Gasteiger partial charge on any atom is 0.255 e. The molecule has 0 aromatic heterocycles. The van der Waals surface area contributed by atoms with Crippen molar-refractivity contribution in [2.45, 2.75) is 46.1 Å². The zero-order chi connectivity index (χ0) is 22.5. The first-order chi connectivity index (χ1) is 14.6. The third-order valence-corrected chi connectivity index (χ3v) is 6.20. The molecule has 1 unspecified atom stereocenters. The lowest BCUT2D eigenvalue weighted by Gasteiger charge is -2.27. The average Bonchev–Trinajstić information content (AvgIpc) is 3.02. The first-order valence-electron chi connectivity index (χ1n) is 10.2. The molecule has 31 heavy (non-hydrogen) atoms. The second-order valence-electron chi connectivity index (χ2n) is 8.64. The number of ether oxygens (including phenoxy) is 1. The van der Waals surface area contributed by atoms with Crippen LogP contribution in [0, 0.1) is 32.4 Å². The Bertz CT molecular complexity index is 1170. The first kappa shape index (κ1) is 21.0. The lowest BCUT2D eigenvalue weighted by Crippen LogP contribution is -2.31. The number of rotatable bonds is 3. The van der Waals surface area contributed by atoms with Crippen LogP contribution in [0.3, 0.4) is 0 Å². The van der Waals surface area contributed by atoms with Crippen LogP contribution >= 0.6 is 0 Å². The van der Waals surface area contributed by atoms with Gasteiger partial charge in [0.2, 0.25) is 0 Å². The van der Waals surface area contributed by atoms with Crippen LogP contribution in [0.5, 0.6) is 5.75 Å². The minimum atomic E-state index is -0.540. The molecule has 0 aliphatic carbocycles. The van der Waals surface area contributed by atoms with Gasteiger partial charge in [0.15, 0.2) is 0 Å². The topological polar surface area (TPSA) is 38.3 Å². The molecule has 3 aromatic rings. The molecule has 1 aliphatic heterocycles. The van der Waals surface area contributed by atoms with Gasteiger partial charge in [0.05, 0.1) is 5.92 Å². The monoisotopic (exact) mass is 421 g/mol. The van der Waals surface area contributed by atoms with E-state index in [1.54, 1.807) is 12.1 Å². The van der Waals surface area contributed by atoms with Gasteiger partial charge in [-0.2, -0.15) is 0 Å². The van der Waals surface area contributed by atoms with E-state index in [4.69, 9.17) is 4.74 Å². The second kappa shape index (κ2) is 7.49. The van der Waals surface area contributed by atoms with Gasteiger partial charge >= 0.3 is 0 Å². The quantitative estimate of drug-likeness (QED) is 0.528. The number of carbonyl (C=O) groups excluding carboxylic acids is 1. The summed E-state index contributed by atoms with van der Waals surface area (Å²) in [5.41, 5.74) is 5.29. The molecule has 1 amide bonds. The van der Waals surface area contributed by atoms with Crippen molar-refractivity contribution in [3.8, 4) is 5.75 Å². The molecule has 0 fully saturated rings. The molecule has 1 heterocycles. The number of hydrogen-bond acceptors (Lipinski definition) is 2. The van der Waals surface area contributed by atoms with Crippen molar-refractivity contribution in [1.82, 2.24) is 0 Å². The fraction of sp³-hybridized carbons (Fsp3) is 0.269. The van der Waals surface area contributed by atoms with E-state index >= 15 is 0 Å². The molecular weight excluding hydrogens is 396 g/mol. The summed E-state index contributed by atoms with van der Waals surface area (Å²) in [7, 11) is 0. The zero-order valence-electron chi connectivity index (χ0n) is 18.3. The SMILES string of the molecule is Cc1c(C)c2c(c(C)c1NC(=O)c1ccc(F)cc1)C(c1ccc(F)cc1)C(C)(C)O2. The van der Waals surface area contributed by atoms with Gasteiger partial charge in [-0.3, -0.25) is 4.79 Å². The van der Waals surface area contributed by atoms with Crippen molar-refractivity contribution < 1.29 is 18.3 Å². The molecule has 4 rings (SSSR count). The van der Waals surface area contributed by atoms with Crippen molar-refractivity contribution in [1.29, 1.82) is 0 Å². The van der Waals surface area contributed by atoms with Crippen molar-refractivity contribution in [3.05, 3.63) is 93.5 Å². The maximum atomic E-state index is 13.5. The summed E-state index contributed by atoms with van der Waals surface area (Å²) < 4.78 is 33.2. The van der Waals surface area contributed by atoms with Crippen LogP contribution < -0.4 is 10.1 Å². The molecular formula is C26H25F2NO2. The summed E-state index contributed by atoms with van der Waals surface area (Å²) in [5, 5.41) is 3.02. The van der Waals surface area contributed by atoms with Crippen molar-refractivity contribution in [2.75, 3.05) is 5.32 Å². The van der Waals surface area contributed by atoms with Gasteiger partial charge < -0.3 is 10.1 Å². The highest BCUT2D eigenvalue weighted by Crippen LogP contribution is 2.53. The fourth-order valence-corrected chi connectivity index (χ4v) is 4.49. The van der Waals surface area contributed by atoms with Gasteiger partial charge in [-0.05, 0) is 93.3 Å². The third-order valence-electron chi connectivity index (χ3n) is 6.20. The molecule has 160 valence electrons. The zero-order valence-corrected chi connectivity index (χ0v) is 18.3. The molecule has 1 aliphatic rings. The molecule has 3 aromatic carbocycles. The molecule has 5 heteroatoms. The van der Waals surface area contributed by atoms with Crippen LogP contribution in [0.1, 0.15) is 57.9 Å². The third kappa shape index (κ3) is 3.58. The van der Waals surface area contributed by atoms with E-state index in [1.165, 1.54) is 36.4 Å². The Hall–Kier alpha value is -3.21. The van der Waals surface area contributed by atoms with E-state index in [0.29, 0.717) is 5.56 Å². The van der Waals surface area contributed by atoms with E-state index in [-0.39, 0.29) is 23.5 Å². The van der Waals surface area contributed by atoms with Crippen LogP contribution in [0.2, 0.25) is 0 Å². The maximum absolute atomic E-state index is 13.5. The van der Waals surface area contributed by atoms with Gasteiger partial charge in [0.25, 0.3) is 5.91 Å². The molecule has 0 spiro atoms. The lowest BCUT2D eigenvalue weighted by molar-refractivity contribution is 0.102. The van der Waals surface area contributed by atoms with Crippen LogP contribution in [0.15, 0.2) is 48.5 Å². The van der Waals surface area contributed by atoms with Gasteiger partial charge in [-0.1, -0.05) is 12.1 Å². The van der Waals surface area contributed by atoms with Crippen molar-refractivity contribution in [3.63, 3.8) is 0 Å². The van der Waals surface area contributed by atoms with Crippen molar-refractivity contribution >= 4 is 11.6 Å². The Kier molecular flexibility index (Phi) is 5.08. The first-order valence-corrected chi connectivity index (χ1v) is 10.2. The predicted molar refractivity (Wildman–Crippen MR) is 118 cm³/mol. The van der Waals surface area contributed by atoms with Gasteiger partial charge in [0, 0.05) is 16.8 Å². The van der Waals surface area contributed by atoms with E-state index in [0.717, 1.165) is 39.3 Å². The van der Waals surface area contributed by atoms with Crippen LogP contribution in [-0.4, -0.2) is 11.5 Å². The van der Waals surface area contributed by atoms with Crippen LogP contribution in [-0.2, 0) is 0 Å². The Morgan fingerprint density at radius 1 is 0.871 bits per heavy atom. The summed E-state index contributed by atoms with van der Waals surface area (Å²) in [6.07, 6.45) is 0. The lowest BCUT2D eigenvalue weighted by atomic mass is 9.78. The highest BCUT2D eigenvalue weighted by molar-refractivity contribution is 6.05. The Labute approximate surface area is 181 Å². The van der Waals surface area contributed by atoms with E-state index in [2.05, 4.69) is 5.32 Å². The van der Waals surface area contributed by atoms with Crippen molar-refractivity contribution in [2.24, 2.45) is 0 Å². The van der Waals surface area contributed by atoms with Crippen LogP contribution in [0.4, 0.5) is 14.5 Å². The summed E-state index contributed by atoms with van der Waals surface area (Å²) in [4.78, 5) is 12.9. The van der Waals surface area contributed by atoms with Gasteiger partial charge in [0.1, 0.15) is 23.0 Å². The van der Waals surface area contributed by atoms with E-state index < -0.39 is 5.60 Å². The number of anilines is 1. The smallest absolute Gasteiger partial charge is 0.255 e. The van der Waals surface area contributed by atoms with Gasteiger partial charge in [-0.15, -0.1) is 0 Å². The normalized spacial score (nSPS) is 16.5. The number of carbonyl (C=O) groups is 1. The second-order valence-corrected chi connectivity index (χ2v) is 8.64. The molecule has 1 N–H and O–H groups in total. The Balaban J connectivity index is 1.83. The number of benzene rings is 3. The largest absolute Gasteiger partial charge is 0.486 e. The minimum Gasteiger partial charge on any atom is -0.486 e. The molecule has 0 bridgehead atoms. The molecule has 0 saturated carbocycles. The number of halogens is 2. The van der Waals surface area contributed by atoms with Gasteiger partial charge in [-0.25, -0.2) is 8.78 Å². The summed E-state index contributed by atoms with van der Waals surface area (Å²) >= 11 is 0. The average molecular weight is 421 g/mol. The number of amides is 1. The van der Waals surface area contributed by atoms with E-state index in [1.807, 2.05) is 34.6 Å². The summed E-state index contributed by atoms with van der Waals surface area (Å²) in [5.74, 6) is -0.288. The molecule has 0 radical (unpaired) electrons. The number of hydrogen-bond donors (Lipinski definition) is 1. The molecule has 3 nitrogen and oxygen atoms in total. The number of fused-ring (bicyclic) bond motifs is 1. The predicted octanol–water partition coefficient (Wildman–Crippen LogP) is 6.45. The van der Waals surface area contributed by atoms with Crippen LogP contribution in [0.25, 0.3) is 0 Å².